The lowest BCUT2D eigenvalue weighted by Crippen LogP contribution is -2.38. The van der Waals surface area contributed by atoms with Crippen molar-refractivity contribution in [3.63, 3.8) is 0 Å². The first-order valence-electron chi connectivity index (χ1n) is 6.60. The summed E-state index contributed by atoms with van der Waals surface area (Å²) in [7, 11) is 1.65. The molecule has 0 radical (unpaired) electrons. The molecule has 0 aromatic heterocycles. The molecule has 2 nitrogen and oxygen atoms in total. The predicted molar refractivity (Wildman–Crippen MR) is 82.7 cm³/mol. The monoisotopic (exact) mass is 268 g/mol. The number of terminal acetylenes is 1. The molecule has 0 heterocycles. The van der Waals surface area contributed by atoms with Gasteiger partial charge in [0.15, 0.2) is 5.60 Å². The minimum absolute atomic E-state index is 0.443. The minimum Gasteiger partial charge on any atom is -0.497 e. The molecule has 1 N–H and O–H groups in total. The summed E-state index contributed by atoms with van der Waals surface area (Å²) < 4.78 is 5.21. The van der Waals surface area contributed by atoms with E-state index in [2.05, 4.69) is 5.92 Å². The van der Waals surface area contributed by atoms with Gasteiger partial charge >= 0.3 is 0 Å². The second kappa shape index (κ2) is 4.85. The molecule has 0 bridgehead atoms. The van der Waals surface area contributed by atoms with Crippen LogP contribution >= 0.6 is 0 Å². The average molecular weight is 268 g/mol. The third kappa shape index (κ3) is 2.26. The number of ether oxygens (including phenoxy) is 1. The number of aliphatic hydroxyl groups is 1. The SMILES string of the molecule is C#CC(O)(c1ccc2cc(OC)ccc2c1)C(C)(C)C. The first-order valence-corrected chi connectivity index (χ1v) is 6.60. The lowest BCUT2D eigenvalue weighted by Gasteiger charge is -2.36. The predicted octanol–water partition coefficient (Wildman–Crippen LogP) is 3.72. The Morgan fingerprint density at radius 3 is 2.20 bits per heavy atom. The van der Waals surface area contributed by atoms with Crippen LogP contribution < -0.4 is 4.74 Å². The summed E-state index contributed by atoms with van der Waals surface area (Å²) in [6, 6.07) is 11.6. The van der Waals surface area contributed by atoms with Crippen molar-refractivity contribution < 1.29 is 9.84 Å². The quantitative estimate of drug-likeness (QED) is 0.841. The van der Waals surface area contributed by atoms with E-state index in [4.69, 9.17) is 11.2 Å². The molecule has 0 saturated carbocycles. The Hall–Kier alpha value is -1.98. The molecule has 2 heteroatoms. The lowest BCUT2D eigenvalue weighted by molar-refractivity contribution is -0.00874. The van der Waals surface area contributed by atoms with Gasteiger partial charge in [0, 0.05) is 5.41 Å². The van der Waals surface area contributed by atoms with Gasteiger partial charge in [0.25, 0.3) is 0 Å². The van der Waals surface area contributed by atoms with Crippen LogP contribution in [0.5, 0.6) is 5.75 Å². The maximum Gasteiger partial charge on any atom is 0.155 e. The second-order valence-electron chi connectivity index (χ2n) is 6.03. The topological polar surface area (TPSA) is 29.5 Å². The number of hydrogen-bond donors (Lipinski definition) is 1. The van der Waals surface area contributed by atoms with Gasteiger partial charge in [0.1, 0.15) is 5.75 Å². The largest absolute Gasteiger partial charge is 0.497 e. The molecule has 2 aromatic carbocycles. The van der Waals surface area contributed by atoms with E-state index in [0.717, 1.165) is 22.1 Å². The number of methoxy groups -OCH3 is 1. The molecule has 0 aliphatic rings. The smallest absolute Gasteiger partial charge is 0.155 e. The van der Waals surface area contributed by atoms with E-state index in [0.29, 0.717) is 0 Å². The summed E-state index contributed by atoms with van der Waals surface area (Å²) in [5.41, 5.74) is -0.992. The zero-order valence-corrected chi connectivity index (χ0v) is 12.4. The molecule has 1 unspecified atom stereocenters. The number of fused-ring (bicyclic) bond motifs is 1. The molecule has 0 aliphatic heterocycles. The Kier molecular flexibility index (Phi) is 3.50. The third-order valence-electron chi connectivity index (χ3n) is 3.76. The molecule has 0 amide bonds. The number of rotatable bonds is 2. The second-order valence-corrected chi connectivity index (χ2v) is 6.03. The van der Waals surface area contributed by atoms with Crippen molar-refractivity contribution in [2.75, 3.05) is 7.11 Å². The normalized spacial score (nSPS) is 14.6. The Morgan fingerprint density at radius 2 is 1.65 bits per heavy atom. The van der Waals surface area contributed by atoms with Crippen molar-refractivity contribution in [2.24, 2.45) is 5.41 Å². The summed E-state index contributed by atoms with van der Waals surface area (Å²) >= 11 is 0. The van der Waals surface area contributed by atoms with Crippen LogP contribution in [0.1, 0.15) is 26.3 Å². The molecule has 2 aromatic rings. The Balaban J connectivity index is 2.60. The van der Waals surface area contributed by atoms with Gasteiger partial charge in [-0.15, -0.1) is 6.42 Å². The van der Waals surface area contributed by atoms with Gasteiger partial charge in [-0.2, -0.15) is 0 Å². The van der Waals surface area contributed by atoms with Gasteiger partial charge in [-0.1, -0.05) is 44.9 Å². The van der Waals surface area contributed by atoms with E-state index in [-0.39, 0.29) is 0 Å². The minimum atomic E-state index is -1.29. The highest BCUT2D eigenvalue weighted by Crippen LogP contribution is 2.39. The Morgan fingerprint density at radius 1 is 1.05 bits per heavy atom. The van der Waals surface area contributed by atoms with Gasteiger partial charge in [-0.3, -0.25) is 0 Å². The molecular formula is C18H20O2. The zero-order chi connectivity index (χ0) is 15.0. The summed E-state index contributed by atoms with van der Waals surface area (Å²) in [4.78, 5) is 0. The van der Waals surface area contributed by atoms with E-state index in [1.165, 1.54) is 0 Å². The van der Waals surface area contributed by atoms with E-state index in [1.54, 1.807) is 7.11 Å². The molecule has 104 valence electrons. The molecular weight excluding hydrogens is 248 g/mol. The van der Waals surface area contributed by atoms with Crippen molar-refractivity contribution in [3.8, 4) is 18.1 Å². The molecule has 0 spiro atoms. The van der Waals surface area contributed by atoms with Crippen molar-refractivity contribution in [2.45, 2.75) is 26.4 Å². The van der Waals surface area contributed by atoms with Crippen LogP contribution in [0.3, 0.4) is 0 Å². The Bertz CT molecular complexity index is 674. The molecule has 20 heavy (non-hydrogen) atoms. The highest BCUT2D eigenvalue weighted by atomic mass is 16.5. The first-order chi connectivity index (χ1) is 9.31. The summed E-state index contributed by atoms with van der Waals surface area (Å²) in [6.07, 6.45) is 5.59. The van der Waals surface area contributed by atoms with Crippen LogP contribution in [0.25, 0.3) is 10.8 Å². The molecule has 1 atom stereocenters. The maximum absolute atomic E-state index is 10.8. The van der Waals surface area contributed by atoms with E-state index in [1.807, 2.05) is 57.2 Å². The van der Waals surface area contributed by atoms with Crippen molar-refractivity contribution >= 4 is 10.8 Å². The zero-order valence-electron chi connectivity index (χ0n) is 12.4. The third-order valence-corrected chi connectivity index (χ3v) is 3.76. The van der Waals surface area contributed by atoms with Crippen LogP contribution in [-0.2, 0) is 5.60 Å². The van der Waals surface area contributed by atoms with Crippen LogP contribution in [0.4, 0.5) is 0 Å². The first kappa shape index (κ1) is 14.4. The van der Waals surface area contributed by atoms with Crippen molar-refractivity contribution in [1.29, 1.82) is 0 Å². The summed E-state index contributed by atoms with van der Waals surface area (Å²) in [6.45, 7) is 5.81. The fourth-order valence-corrected chi connectivity index (χ4v) is 2.31. The van der Waals surface area contributed by atoms with Crippen LogP contribution in [0, 0.1) is 17.8 Å². The van der Waals surface area contributed by atoms with Crippen LogP contribution in [0.2, 0.25) is 0 Å². The van der Waals surface area contributed by atoms with Gasteiger partial charge in [-0.25, -0.2) is 0 Å². The fraction of sp³-hybridized carbons (Fsp3) is 0.333. The van der Waals surface area contributed by atoms with Gasteiger partial charge in [-0.05, 0) is 34.5 Å². The summed E-state index contributed by atoms with van der Waals surface area (Å²) in [5.74, 6) is 3.37. The molecule has 0 saturated heterocycles. The summed E-state index contributed by atoms with van der Waals surface area (Å²) in [5, 5.41) is 12.9. The fourth-order valence-electron chi connectivity index (χ4n) is 2.31. The van der Waals surface area contributed by atoms with Crippen molar-refractivity contribution in [1.82, 2.24) is 0 Å². The average Bonchev–Trinajstić information content (AvgIpc) is 2.43. The van der Waals surface area contributed by atoms with Crippen LogP contribution in [-0.4, -0.2) is 12.2 Å². The molecule has 0 aliphatic carbocycles. The van der Waals surface area contributed by atoms with Crippen molar-refractivity contribution in [3.05, 3.63) is 42.0 Å². The molecule has 0 fully saturated rings. The van der Waals surface area contributed by atoms with E-state index < -0.39 is 11.0 Å². The maximum atomic E-state index is 10.8. The van der Waals surface area contributed by atoms with E-state index >= 15 is 0 Å². The molecule has 2 rings (SSSR count). The highest BCUT2D eigenvalue weighted by molar-refractivity contribution is 5.84. The Labute approximate surface area is 120 Å². The van der Waals surface area contributed by atoms with Gasteiger partial charge < -0.3 is 9.84 Å². The van der Waals surface area contributed by atoms with E-state index in [9.17, 15) is 5.11 Å². The number of hydrogen-bond acceptors (Lipinski definition) is 2. The van der Waals surface area contributed by atoms with Gasteiger partial charge in [0.05, 0.1) is 7.11 Å². The highest BCUT2D eigenvalue weighted by Gasteiger charge is 2.40. The lowest BCUT2D eigenvalue weighted by atomic mass is 9.72. The standard InChI is InChI=1S/C18H20O2/c1-6-18(19,17(2,3)4)15-9-7-14-12-16(20-5)10-8-13(14)11-15/h1,7-12,19H,2-5H3. The van der Waals surface area contributed by atoms with Crippen LogP contribution in [0.15, 0.2) is 36.4 Å². The van der Waals surface area contributed by atoms with Gasteiger partial charge in [0.2, 0.25) is 0 Å². The number of benzene rings is 2.